The topological polar surface area (TPSA) is 70.5 Å². The monoisotopic (exact) mass is 432 g/mol. The molecule has 1 N–H and O–H groups in total. The number of benzene rings is 2. The lowest BCUT2D eigenvalue weighted by Gasteiger charge is -2.24. The quantitative estimate of drug-likeness (QED) is 0.435. The third-order valence-corrected chi connectivity index (χ3v) is 6.94. The zero-order chi connectivity index (χ0) is 20.8. The van der Waals surface area contributed by atoms with Gasteiger partial charge in [-0.15, -0.1) is 11.3 Å². The van der Waals surface area contributed by atoms with Crippen LogP contribution in [0, 0.1) is 6.92 Å². The zero-order valence-corrected chi connectivity index (χ0v) is 17.5. The van der Waals surface area contributed by atoms with Crippen molar-refractivity contribution in [2.75, 3.05) is 4.90 Å². The highest BCUT2D eigenvalue weighted by molar-refractivity contribution is 7.22. The molecule has 0 fully saturated rings. The summed E-state index contributed by atoms with van der Waals surface area (Å²) in [5.41, 5.74) is 2.70. The highest BCUT2D eigenvalue weighted by Crippen LogP contribution is 2.44. The third-order valence-electron chi connectivity index (χ3n) is 5.05. The molecule has 1 aliphatic heterocycles. The van der Waals surface area contributed by atoms with Crippen molar-refractivity contribution in [2.24, 2.45) is 0 Å². The van der Waals surface area contributed by atoms with Gasteiger partial charge in [-0.25, -0.2) is 4.98 Å². The van der Waals surface area contributed by atoms with E-state index < -0.39 is 17.7 Å². The number of nitrogens with zero attached hydrogens (tertiary/aromatic N) is 2. The molecule has 1 atom stereocenters. The van der Waals surface area contributed by atoms with Crippen LogP contribution in [0.4, 0.5) is 5.13 Å². The number of carbonyl (C=O) groups excluding carboxylic acids is 2. The molecule has 1 amide bonds. The van der Waals surface area contributed by atoms with E-state index >= 15 is 0 Å². The Balaban J connectivity index is 1.68. The fourth-order valence-electron chi connectivity index (χ4n) is 3.65. The van der Waals surface area contributed by atoms with Crippen molar-refractivity contribution in [1.82, 2.24) is 4.98 Å². The fraction of sp³-hybridized carbons (Fsp3) is 0.0870. The van der Waals surface area contributed by atoms with Crippen LogP contribution in [0.25, 0.3) is 10.2 Å². The number of thiophene rings is 1. The minimum absolute atomic E-state index is 0.0871. The van der Waals surface area contributed by atoms with Gasteiger partial charge in [-0.05, 0) is 41.6 Å². The van der Waals surface area contributed by atoms with Gasteiger partial charge in [0.15, 0.2) is 10.9 Å². The van der Waals surface area contributed by atoms with Crippen molar-refractivity contribution in [1.29, 1.82) is 0 Å². The fourth-order valence-corrected chi connectivity index (χ4v) is 5.42. The standard InChI is InChI=1S/C23H16N2O3S2/c1-13-9-10-15-17(12-13)30-23(24-15)25-19(14-6-3-2-4-7-14)18(21(27)22(25)28)20(26)16-8-5-11-29-16/h2-12,19,27H,1H3/t19-/m0/s1. The van der Waals surface area contributed by atoms with Gasteiger partial charge in [0.05, 0.1) is 26.7 Å². The number of aliphatic hydroxyl groups excluding tert-OH is 1. The van der Waals surface area contributed by atoms with Crippen molar-refractivity contribution < 1.29 is 14.7 Å². The molecule has 0 saturated carbocycles. The summed E-state index contributed by atoms with van der Waals surface area (Å²) in [4.78, 5) is 32.9. The molecule has 3 heterocycles. The summed E-state index contributed by atoms with van der Waals surface area (Å²) >= 11 is 2.65. The van der Waals surface area contributed by atoms with Gasteiger partial charge in [0, 0.05) is 0 Å². The number of fused-ring (bicyclic) bond motifs is 1. The zero-order valence-electron chi connectivity index (χ0n) is 15.9. The Morgan fingerprint density at radius 3 is 2.63 bits per heavy atom. The molecule has 5 rings (SSSR count). The lowest BCUT2D eigenvalue weighted by atomic mass is 9.96. The van der Waals surface area contributed by atoms with Crippen molar-refractivity contribution in [3.63, 3.8) is 0 Å². The van der Waals surface area contributed by atoms with Crippen LogP contribution in [-0.4, -0.2) is 21.8 Å². The summed E-state index contributed by atoms with van der Waals surface area (Å²) < 4.78 is 0.946. The number of ketones is 1. The molecule has 0 saturated heterocycles. The summed E-state index contributed by atoms with van der Waals surface area (Å²) in [6.07, 6.45) is 0. The SMILES string of the molecule is Cc1ccc2nc(N3C(=O)C(O)=C(C(=O)c4cccs4)[C@@H]3c3ccccc3)sc2c1. The summed E-state index contributed by atoms with van der Waals surface area (Å²) in [7, 11) is 0. The first kappa shape index (κ1) is 18.7. The number of aryl methyl sites for hydroxylation is 1. The molecule has 5 nitrogen and oxygen atoms in total. The molecule has 0 radical (unpaired) electrons. The Labute approximate surface area is 180 Å². The van der Waals surface area contributed by atoms with E-state index in [-0.39, 0.29) is 11.4 Å². The first-order chi connectivity index (χ1) is 14.5. The highest BCUT2D eigenvalue weighted by atomic mass is 32.1. The Kier molecular flexibility index (Phi) is 4.49. The van der Waals surface area contributed by atoms with Gasteiger partial charge in [-0.2, -0.15) is 0 Å². The maximum Gasteiger partial charge on any atom is 0.296 e. The molecule has 0 unspecified atom stereocenters. The van der Waals surface area contributed by atoms with E-state index in [9.17, 15) is 14.7 Å². The smallest absolute Gasteiger partial charge is 0.296 e. The van der Waals surface area contributed by atoms with Gasteiger partial charge in [-0.3, -0.25) is 14.5 Å². The summed E-state index contributed by atoms with van der Waals surface area (Å²) in [5.74, 6) is -1.47. The van der Waals surface area contributed by atoms with E-state index in [4.69, 9.17) is 0 Å². The molecule has 0 spiro atoms. The van der Waals surface area contributed by atoms with Crippen LogP contribution in [0.5, 0.6) is 0 Å². The summed E-state index contributed by atoms with van der Waals surface area (Å²) in [6.45, 7) is 2.00. The summed E-state index contributed by atoms with van der Waals surface area (Å²) in [6, 6.07) is 17.9. The summed E-state index contributed by atoms with van der Waals surface area (Å²) in [5, 5.41) is 13.0. The number of hydrogen-bond acceptors (Lipinski definition) is 6. The van der Waals surface area contributed by atoms with Gasteiger partial charge in [0.2, 0.25) is 5.78 Å². The molecule has 0 aliphatic carbocycles. The highest BCUT2D eigenvalue weighted by Gasteiger charge is 2.46. The molecule has 1 aliphatic rings. The molecular weight excluding hydrogens is 416 g/mol. The molecule has 7 heteroatoms. The number of aromatic nitrogens is 1. The lowest BCUT2D eigenvalue weighted by Crippen LogP contribution is -2.30. The van der Waals surface area contributed by atoms with Crippen LogP contribution in [0.1, 0.15) is 26.8 Å². The maximum absolute atomic E-state index is 13.2. The van der Waals surface area contributed by atoms with E-state index in [1.165, 1.54) is 27.6 Å². The molecule has 30 heavy (non-hydrogen) atoms. The van der Waals surface area contributed by atoms with E-state index in [0.717, 1.165) is 21.3 Å². The van der Waals surface area contributed by atoms with Gasteiger partial charge < -0.3 is 5.11 Å². The number of aliphatic hydroxyl groups is 1. The van der Waals surface area contributed by atoms with Crippen LogP contribution in [0.2, 0.25) is 0 Å². The number of amides is 1. The van der Waals surface area contributed by atoms with E-state index in [0.29, 0.717) is 10.0 Å². The van der Waals surface area contributed by atoms with Crippen LogP contribution in [-0.2, 0) is 4.79 Å². The number of carbonyl (C=O) groups is 2. The number of thiazole rings is 1. The second kappa shape index (κ2) is 7.19. The van der Waals surface area contributed by atoms with E-state index in [1.54, 1.807) is 17.5 Å². The van der Waals surface area contributed by atoms with E-state index in [2.05, 4.69) is 4.98 Å². The first-order valence-corrected chi connectivity index (χ1v) is 11.0. The van der Waals surface area contributed by atoms with Crippen molar-refractivity contribution in [2.45, 2.75) is 13.0 Å². The van der Waals surface area contributed by atoms with E-state index in [1.807, 2.05) is 55.5 Å². The largest absolute Gasteiger partial charge is 0.503 e. The predicted octanol–water partition coefficient (Wildman–Crippen LogP) is 5.45. The van der Waals surface area contributed by atoms with Crippen LogP contribution in [0.3, 0.4) is 0 Å². The van der Waals surface area contributed by atoms with Gasteiger partial charge in [-0.1, -0.05) is 53.8 Å². The molecule has 2 aromatic carbocycles. The molecule has 2 aromatic heterocycles. The maximum atomic E-state index is 13.2. The second-order valence-electron chi connectivity index (χ2n) is 7.02. The van der Waals surface area contributed by atoms with Crippen molar-refractivity contribution in [3.8, 4) is 0 Å². The Hall–Kier alpha value is -3.29. The average Bonchev–Trinajstić information content (AvgIpc) is 3.47. The molecule has 148 valence electrons. The van der Waals surface area contributed by atoms with Gasteiger partial charge in [0.1, 0.15) is 0 Å². The molecule has 0 bridgehead atoms. The molecular formula is C23H16N2O3S2. The normalized spacial score (nSPS) is 16.6. The minimum atomic E-state index is -0.741. The number of Topliss-reactive ketones (excluding diaryl/α,β-unsaturated/α-hetero) is 1. The first-order valence-electron chi connectivity index (χ1n) is 9.31. The van der Waals surface area contributed by atoms with Crippen molar-refractivity contribution >= 4 is 49.7 Å². The Bertz CT molecular complexity index is 1310. The predicted molar refractivity (Wildman–Crippen MR) is 119 cm³/mol. The third kappa shape index (κ3) is 2.94. The minimum Gasteiger partial charge on any atom is -0.503 e. The number of hydrogen-bond donors (Lipinski definition) is 1. The van der Waals surface area contributed by atoms with Crippen molar-refractivity contribution in [3.05, 3.63) is 93.4 Å². The van der Waals surface area contributed by atoms with Gasteiger partial charge in [0.25, 0.3) is 5.91 Å². The second-order valence-corrected chi connectivity index (χ2v) is 8.98. The van der Waals surface area contributed by atoms with Crippen LogP contribution in [0.15, 0.2) is 77.4 Å². The number of rotatable bonds is 4. The lowest BCUT2D eigenvalue weighted by molar-refractivity contribution is -0.117. The molecule has 4 aromatic rings. The van der Waals surface area contributed by atoms with Crippen LogP contribution >= 0.6 is 22.7 Å². The van der Waals surface area contributed by atoms with Crippen LogP contribution < -0.4 is 4.90 Å². The van der Waals surface area contributed by atoms with Gasteiger partial charge >= 0.3 is 0 Å². The Morgan fingerprint density at radius 2 is 1.90 bits per heavy atom. The Morgan fingerprint density at radius 1 is 1.10 bits per heavy atom. The number of anilines is 1. The average molecular weight is 433 g/mol.